The van der Waals surface area contributed by atoms with E-state index in [1.54, 1.807) is 7.11 Å². The van der Waals surface area contributed by atoms with E-state index in [0.29, 0.717) is 30.7 Å². The van der Waals surface area contributed by atoms with Crippen LogP contribution in [-0.2, 0) is 16.0 Å². The maximum atomic E-state index is 13.1. The van der Waals surface area contributed by atoms with Crippen molar-refractivity contribution in [3.63, 3.8) is 0 Å². The van der Waals surface area contributed by atoms with E-state index in [4.69, 9.17) is 9.47 Å². The minimum Gasteiger partial charge on any atom is -0.383 e. The van der Waals surface area contributed by atoms with Crippen LogP contribution in [0.5, 0.6) is 0 Å². The lowest BCUT2D eigenvalue weighted by Crippen LogP contribution is -2.37. The molecule has 8 nitrogen and oxygen atoms in total. The molecule has 1 aliphatic rings. The molecule has 0 bridgehead atoms. The fraction of sp³-hybridized carbons (Fsp3) is 0.458. The third-order valence-corrected chi connectivity index (χ3v) is 6.86. The van der Waals surface area contributed by atoms with Gasteiger partial charge in [0, 0.05) is 43.7 Å². The molecular weight excluding hydrogens is 438 g/mol. The molecule has 0 unspecified atom stereocenters. The molecule has 176 valence electrons. The number of thioether (sulfide) groups is 1. The molecule has 0 radical (unpaired) electrons. The highest BCUT2D eigenvalue weighted by Crippen LogP contribution is 2.28. The van der Waals surface area contributed by atoms with Gasteiger partial charge in [-0.2, -0.15) is 0 Å². The predicted octanol–water partition coefficient (Wildman–Crippen LogP) is 3.45. The van der Waals surface area contributed by atoms with Crippen LogP contribution in [-0.4, -0.2) is 70.9 Å². The van der Waals surface area contributed by atoms with Gasteiger partial charge in [0.15, 0.2) is 10.9 Å². The number of rotatable bonds is 9. The van der Waals surface area contributed by atoms with Crippen molar-refractivity contribution in [1.29, 1.82) is 0 Å². The molecule has 1 saturated heterocycles. The third kappa shape index (κ3) is 5.15. The summed E-state index contributed by atoms with van der Waals surface area (Å²) in [6.07, 6.45) is 0. The van der Waals surface area contributed by atoms with E-state index in [2.05, 4.69) is 50.9 Å². The van der Waals surface area contributed by atoms with Crippen molar-refractivity contribution in [3.8, 4) is 5.69 Å². The molecule has 3 heterocycles. The molecule has 9 heteroatoms. The van der Waals surface area contributed by atoms with Crippen molar-refractivity contribution in [2.24, 2.45) is 0 Å². The highest BCUT2D eigenvalue weighted by molar-refractivity contribution is 7.99. The van der Waals surface area contributed by atoms with Crippen LogP contribution < -0.4 is 4.90 Å². The molecule has 33 heavy (non-hydrogen) atoms. The summed E-state index contributed by atoms with van der Waals surface area (Å²) in [5.41, 5.74) is 4.97. The molecule has 1 aromatic carbocycles. The molecular formula is C24H31N5O3S. The van der Waals surface area contributed by atoms with Crippen LogP contribution in [0.4, 0.5) is 5.95 Å². The number of nitrogens with zero attached hydrogens (tertiary/aromatic N) is 5. The van der Waals surface area contributed by atoms with Crippen molar-refractivity contribution in [3.05, 3.63) is 52.8 Å². The summed E-state index contributed by atoms with van der Waals surface area (Å²) in [6.45, 7) is 10.3. The SMILES string of the molecule is COCCn1c(C)cc(C(=O)CSc2nnc(N3CCOCC3)n2-c2ccc(C)cc2)c1C. The van der Waals surface area contributed by atoms with Crippen molar-refractivity contribution < 1.29 is 14.3 Å². The van der Waals surface area contributed by atoms with Crippen LogP contribution in [0.3, 0.4) is 0 Å². The standard InChI is InChI=1S/C24H31N5O3S/c1-17-5-7-20(8-6-17)29-23(27-9-13-32-14-10-27)25-26-24(29)33-16-22(30)21-15-18(2)28(19(21)3)11-12-31-4/h5-8,15H,9-14,16H2,1-4H3. The van der Waals surface area contributed by atoms with E-state index in [1.807, 2.05) is 24.5 Å². The summed E-state index contributed by atoms with van der Waals surface area (Å²) in [4.78, 5) is 15.3. The van der Waals surface area contributed by atoms with Crippen LogP contribution in [0, 0.1) is 20.8 Å². The fourth-order valence-electron chi connectivity index (χ4n) is 4.06. The molecule has 0 N–H and O–H groups in total. The van der Waals surface area contributed by atoms with Gasteiger partial charge < -0.3 is 18.9 Å². The third-order valence-electron chi connectivity index (χ3n) is 5.93. The topological polar surface area (TPSA) is 74.4 Å². The Morgan fingerprint density at radius 1 is 1.12 bits per heavy atom. The highest BCUT2D eigenvalue weighted by Gasteiger charge is 2.23. The van der Waals surface area contributed by atoms with Gasteiger partial charge in [0.05, 0.1) is 31.3 Å². The number of Topliss-reactive ketones (excluding diaryl/α,β-unsaturated/α-hetero) is 1. The second kappa shape index (κ2) is 10.5. The Hall–Kier alpha value is -2.62. The van der Waals surface area contributed by atoms with Gasteiger partial charge in [0.25, 0.3) is 0 Å². The Morgan fingerprint density at radius 2 is 1.85 bits per heavy atom. The monoisotopic (exact) mass is 469 g/mol. The number of hydrogen-bond acceptors (Lipinski definition) is 7. The number of ether oxygens (including phenoxy) is 2. The molecule has 0 aliphatic carbocycles. The van der Waals surface area contributed by atoms with E-state index in [1.165, 1.54) is 17.3 Å². The van der Waals surface area contributed by atoms with Crippen LogP contribution in [0.2, 0.25) is 0 Å². The molecule has 2 aromatic heterocycles. The Labute approximate surface area is 198 Å². The Bertz CT molecular complexity index is 1100. The summed E-state index contributed by atoms with van der Waals surface area (Å²) in [5, 5.41) is 9.66. The first-order valence-electron chi connectivity index (χ1n) is 11.2. The zero-order chi connectivity index (χ0) is 23.4. The normalized spacial score (nSPS) is 14.1. The van der Waals surface area contributed by atoms with E-state index in [0.717, 1.165) is 48.2 Å². The molecule has 3 aromatic rings. The fourth-order valence-corrected chi connectivity index (χ4v) is 4.89. The van der Waals surface area contributed by atoms with Gasteiger partial charge in [-0.1, -0.05) is 29.5 Å². The number of carbonyl (C=O) groups is 1. The number of ketones is 1. The molecule has 4 rings (SSSR count). The zero-order valence-corrected chi connectivity index (χ0v) is 20.5. The largest absolute Gasteiger partial charge is 0.383 e. The minimum atomic E-state index is 0.0862. The van der Waals surface area contributed by atoms with Gasteiger partial charge in [0.2, 0.25) is 5.95 Å². The van der Waals surface area contributed by atoms with Crippen LogP contribution in [0.25, 0.3) is 5.69 Å². The Morgan fingerprint density at radius 3 is 2.55 bits per heavy atom. The molecule has 0 atom stereocenters. The summed E-state index contributed by atoms with van der Waals surface area (Å²) in [7, 11) is 1.69. The first-order chi connectivity index (χ1) is 16.0. The van der Waals surface area contributed by atoms with Crippen LogP contribution in [0.15, 0.2) is 35.5 Å². The van der Waals surface area contributed by atoms with Crippen molar-refractivity contribution in [2.75, 3.05) is 50.7 Å². The van der Waals surface area contributed by atoms with Crippen LogP contribution >= 0.6 is 11.8 Å². The lowest BCUT2D eigenvalue weighted by molar-refractivity contribution is 0.102. The van der Waals surface area contributed by atoms with Gasteiger partial charge in [-0.25, -0.2) is 0 Å². The number of hydrogen-bond donors (Lipinski definition) is 0. The number of benzene rings is 1. The van der Waals surface area contributed by atoms with E-state index >= 15 is 0 Å². The van der Waals surface area contributed by atoms with E-state index in [-0.39, 0.29) is 5.78 Å². The molecule has 0 spiro atoms. The predicted molar refractivity (Wildman–Crippen MR) is 130 cm³/mol. The minimum absolute atomic E-state index is 0.0862. The first kappa shape index (κ1) is 23.5. The highest BCUT2D eigenvalue weighted by atomic mass is 32.2. The van der Waals surface area contributed by atoms with Gasteiger partial charge in [-0.05, 0) is 39.0 Å². The second-order valence-corrected chi connectivity index (χ2v) is 9.14. The smallest absolute Gasteiger partial charge is 0.232 e. The average molecular weight is 470 g/mol. The quantitative estimate of drug-likeness (QED) is 0.351. The number of aryl methyl sites for hydroxylation is 2. The number of aromatic nitrogens is 4. The molecule has 1 fully saturated rings. The molecule has 0 amide bonds. The molecule has 1 aliphatic heterocycles. The summed E-state index contributed by atoms with van der Waals surface area (Å²) < 4.78 is 14.9. The number of anilines is 1. The van der Waals surface area contributed by atoms with Gasteiger partial charge >= 0.3 is 0 Å². The van der Waals surface area contributed by atoms with Crippen molar-refractivity contribution >= 4 is 23.5 Å². The van der Waals surface area contributed by atoms with Gasteiger partial charge in [0.1, 0.15) is 0 Å². The number of methoxy groups -OCH3 is 1. The summed E-state index contributed by atoms with van der Waals surface area (Å²) >= 11 is 1.42. The first-order valence-corrected chi connectivity index (χ1v) is 12.1. The lowest BCUT2D eigenvalue weighted by Gasteiger charge is -2.27. The van der Waals surface area contributed by atoms with Gasteiger partial charge in [-0.3, -0.25) is 9.36 Å². The van der Waals surface area contributed by atoms with Crippen LogP contribution in [0.1, 0.15) is 27.3 Å². The average Bonchev–Trinajstić information content (AvgIpc) is 3.38. The molecule has 0 saturated carbocycles. The van der Waals surface area contributed by atoms with E-state index in [9.17, 15) is 4.79 Å². The second-order valence-electron chi connectivity index (χ2n) is 8.19. The Balaban J connectivity index is 1.57. The van der Waals surface area contributed by atoms with Crippen molar-refractivity contribution in [1.82, 2.24) is 19.3 Å². The Kier molecular flexibility index (Phi) is 7.52. The maximum absolute atomic E-state index is 13.1. The zero-order valence-electron chi connectivity index (χ0n) is 19.7. The number of morpholine rings is 1. The van der Waals surface area contributed by atoms with Crippen molar-refractivity contribution in [2.45, 2.75) is 32.5 Å². The van der Waals surface area contributed by atoms with Gasteiger partial charge in [-0.15, -0.1) is 10.2 Å². The lowest BCUT2D eigenvalue weighted by atomic mass is 10.2. The maximum Gasteiger partial charge on any atom is 0.232 e. The van der Waals surface area contributed by atoms with E-state index < -0.39 is 0 Å². The summed E-state index contributed by atoms with van der Waals surface area (Å²) in [5.74, 6) is 1.17. The summed E-state index contributed by atoms with van der Waals surface area (Å²) in [6, 6.07) is 10.3. The number of carbonyl (C=O) groups excluding carboxylic acids is 1.